The van der Waals surface area contributed by atoms with E-state index in [0.29, 0.717) is 0 Å². The van der Waals surface area contributed by atoms with Gasteiger partial charge in [0.2, 0.25) is 0 Å². The van der Waals surface area contributed by atoms with Crippen LogP contribution < -0.4 is 9.64 Å². The molecule has 0 spiro atoms. The Labute approximate surface area is 145 Å². The topological polar surface area (TPSA) is 24.8 Å². The molecule has 0 aliphatic carbocycles. The molecule has 126 valence electrons. The first-order valence-electron chi connectivity index (χ1n) is 8.71. The highest BCUT2D eigenvalue weighted by atomic mass is 16.5. The van der Waals surface area contributed by atoms with Crippen LogP contribution in [0.15, 0.2) is 41.4 Å². The molecule has 0 saturated carbocycles. The summed E-state index contributed by atoms with van der Waals surface area (Å²) in [5.74, 6) is 0.882. The lowest BCUT2D eigenvalue weighted by Crippen LogP contribution is -2.29. The summed E-state index contributed by atoms with van der Waals surface area (Å²) in [5, 5.41) is 0. The van der Waals surface area contributed by atoms with Gasteiger partial charge in [-0.15, -0.1) is 0 Å². The van der Waals surface area contributed by atoms with E-state index in [-0.39, 0.29) is 0 Å². The van der Waals surface area contributed by atoms with E-state index in [1.165, 1.54) is 36.1 Å². The number of ether oxygens (including phenoxy) is 1. The largest absolute Gasteiger partial charge is 0.496 e. The lowest BCUT2D eigenvalue weighted by molar-refractivity contribution is 0.414. The predicted octanol–water partition coefficient (Wildman–Crippen LogP) is 5.05. The number of nitrogens with zero attached hydrogens (tertiary/aromatic N) is 2. The molecule has 0 atom stereocenters. The molecule has 0 N–H and O–H groups in total. The van der Waals surface area contributed by atoms with E-state index in [4.69, 9.17) is 4.74 Å². The van der Waals surface area contributed by atoms with Crippen LogP contribution in [0.4, 0.5) is 11.4 Å². The van der Waals surface area contributed by atoms with Crippen LogP contribution >= 0.6 is 0 Å². The maximum absolute atomic E-state index is 5.60. The van der Waals surface area contributed by atoms with Gasteiger partial charge in [-0.05, 0) is 62.4 Å². The zero-order chi connectivity index (χ0) is 16.9. The normalized spacial score (nSPS) is 15.0. The van der Waals surface area contributed by atoms with E-state index in [1.807, 2.05) is 6.21 Å². The average molecular weight is 322 g/mol. The number of methoxy groups -OCH3 is 1. The van der Waals surface area contributed by atoms with Gasteiger partial charge in [0, 0.05) is 36.6 Å². The summed E-state index contributed by atoms with van der Waals surface area (Å²) in [6.45, 7) is 6.45. The Morgan fingerprint density at radius 1 is 1.00 bits per heavy atom. The van der Waals surface area contributed by atoms with Crippen LogP contribution in [0.5, 0.6) is 5.75 Å². The Hall–Kier alpha value is -2.29. The monoisotopic (exact) mass is 322 g/mol. The number of benzene rings is 2. The van der Waals surface area contributed by atoms with Gasteiger partial charge in [0.05, 0.1) is 12.8 Å². The molecule has 1 aliphatic rings. The van der Waals surface area contributed by atoms with Gasteiger partial charge in [0.15, 0.2) is 0 Å². The van der Waals surface area contributed by atoms with Crippen molar-refractivity contribution >= 4 is 17.6 Å². The van der Waals surface area contributed by atoms with E-state index < -0.39 is 0 Å². The van der Waals surface area contributed by atoms with Crippen LogP contribution in [0.2, 0.25) is 0 Å². The highest BCUT2D eigenvalue weighted by molar-refractivity contribution is 5.86. The average Bonchev–Trinajstić information content (AvgIpc) is 2.63. The van der Waals surface area contributed by atoms with Gasteiger partial charge < -0.3 is 9.64 Å². The van der Waals surface area contributed by atoms with Gasteiger partial charge in [0.1, 0.15) is 5.75 Å². The zero-order valence-corrected chi connectivity index (χ0v) is 14.9. The number of aliphatic imine (C=N–C) groups is 1. The number of rotatable bonds is 4. The molecular weight excluding hydrogens is 296 g/mol. The number of piperidine rings is 1. The van der Waals surface area contributed by atoms with Gasteiger partial charge in [-0.1, -0.05) is 12.1 Å². The van der Waals surface area contributed by atoms with Crippen LogP contribution in [-0.4, -0.2) is 26.4 Å². The first-order valence-corrected chi connectivity index (χ1v) is 8.71. The van der Waals surface area contributed by atoms with Crippen LogP contribution in [0.1, 0.15) is 36.0 Å². The van der Waals surface area contributed by atoms with Gasteiger partial charge in [-0.25, -0.2) is 0 Å². The fraction of sp³-hybridized carbons (Fsp3) is 0.381. The lowest BCUT2D eigenvalue weighted by Gasteiger charge is -2.29. The Morgan fingerprint density at radius 2 is 1.79 bits per heavy atom. The fourth-order valence-electron chi connectivity index (χ4n) is 3.15. The van der Waals surface area contributed by atoms with Gasteiger partial charge >= 0.3 is 0 Å². The van der Waals surface area contributed by atoms with Crippen LogP contribution in [0.25, 0.3) is 0 Å². The van der Waals surface area contributed by atoms with Crippen molar-refractivity contribution < 1.29 is 4.74 Å². The molecule has 2 aromatic carbocycles. The van der Waals surface area contributed by atoms with Crippen molar-refractivity contribution in [3.63, 3.8) is 0 Å². The number of hydrogen-bond donors (Lipinski definition) is 0. The quantitative estimate of drug-likeness (QED) is 0.736. The van der Waals surface area contributed by atoms with Crippen LogP contribution in [0, 0.1) is 13.8 Å². The molecule has 0 radical (unpaired) electrons. The Bertz CT molecular complexity index is 731. The van der Waals surface area contributed by atoms with Crippen molar-refractivity contribution in [2.45, 2.75) is 33.1 Å². The van der Waals surface area contributed by atoms with E-state index in [1.54, 1.807) is 7.11 Å². The van der Waals surface area contributed by atoms with Crippen molar-refractivity contribution in [2.24, 2.45) is 4.99 Å². The number of anilines is 1. The molecule has 0 amide bonds. The molecule has 0 bridgehead atoms. The maximum atomic E-state index is 5.60. The smallest absolute Gasteiger partial charge is 0.129 e. The maximum Gasteiger partial charge on any atom is 0.129 e. The summed E-state index contributed by atoms with van der Waals surface area (Å²) in [6.07, 6.45) is 5.80. The second kappa shape index (κ2) is 7.52. The fourth-order valence-corrected chi connectivity index (χ4v) is 3.15. The third kappa shape index (κ3) is 3.78. The first kappa shape index (κ1) is 16.6. The highest BCUT2D eigenvalue weighted by Crippen LogP contribution is 2.28. The molecule has 0 unspecified atom stereocenters. The Kier molecular flexibility index (Phi) is 5.19. The number of hydrogen-bond acceptors (Lipinski definition) is 3. The summed E-state index contributed by atoms with van der Waals surface area (Å²) in [7, 11) is 1.73. The van der Waals surface area contributed by atoms with Crippen molar-refractivity contribution in [3.8, 4) is 5.75 Å². The predicted molar refractivity (Wildman–Crippen MR) is 102 cm³/mol. The van der Waals surface area contributed by atoms with Crippen molar-refractivity contribution in [1.82, 2.24) is 0 Å². The van der Waals surface area contributed by atoms with E-state index in [2.05, 4.69) is 60.1 Å². The third-order valence-corrected chi connectivity index (χ3v) is 4.65. The van der Waals surface area contributed by atoms with Crippen molar-refractivity contribution in [1.29, 1.82) is 0 Å². The molecule has 3 heteroatoms. The Balaban J connectivity index is 1.85. The highest BCUT2D eigenvalue weighted by Gasteiger charge is 2.12. The molecular formula is C21H26N2O. The Morgan fingerprint density at radius 3 is 2.54 bits per heavy atom. The standard InChI is InChI=1S/C21H26N2O/c1-16-7-8-17(2)20(13-16)22-15-18-9-10-19(14-21(18)24-3)23-11-5-4-6-12-23/h7-10,13-15H,4-6,11-12H2,1-3H3. The molecule has 1 heterocycles. The minimum atomic E-state index is 0.882. The second-order valence-corrected chi connectivity index (χ2v) is 6.52. The summed E-state index contributed by atoms with van der Waals surface area (Å²) < 4.78 is 5.60. The van der Waals surface area contributed by atoms with Gasteiger partial charge in [-0.3, -0.25) is 4.99 Å². The zero-order valence-electron chi connectivity index (χ0n) is 14.9. The molecule has 0 aromatic heterocycles. The molecule has 1 aliphatic heterocycles. The van der Waals surface area contributed by atoms with Crippen LogP contribution in [0.3, 0.4) is 0 Å². The van der Waals surface area contributed by atoms with E-state index in [0.717, 1.165) is 30.1 Å². The summed E-state index contributed by atoms with van der Waals surface area (Å²) in [6, 6.07) is 12.8. The van der Waals surface area contributed by atoms with E-state index in [9.17, 15) is 0 Å². The molecule has 3 rings (SSSR count). The van der Waals surface area contributed by atoms with Crippen molar-refractivity contribution in [3.05, 3.63) is 53.1 Å². The lowest BCUT2D eigenvalue weighted by atomic mass is 10.1. The molecule has 24 heavy (non-hydrogen) atoms. The summed E-state index contributed by atoms with van der Waals surface area (Å²) >= 11 is 0. The number of aryl methyl sites for hydroxylation is 2. The summed E-state index contributed by atoms with van der Waals surface area (Å²) in [4.78, 5) is 7.11. The first-order chi connectivity index (χ1) is 11.7. The van der Waals surface area contributed by atoms with Gasteiger partial charge in [-0.2, -0.15) is 0 Å². The molecule has 1 saturated heterocycles. The minimum Gasteiger partial charge on any atom is -0.496 e. The molecule has 3 nitrogen and oxygen atoms in total. The third-order valence-electron chi connectivity index (χ3n) is 4.65. The second-order valence-electron chi connectivity index (χ2n) is 6.52. The molecule has 1 fully saturated rings. The van der Waals surface area contributed by atoms with Crippen LogP contribution in [-0.2, 0) is 0 Å². The summed E-state index contributed by atoms with van der Waals surface area (Å²) in [5.41, 5.74) is 5.67. The SMILES string of the molecule is COc1cc(N2CCCCC2)ccc1C=Nc1cc(C)ccc1C. The van der Waals surface area contributed by atoms with E-state index >= 15 is 0 Å². The van der Waals surface area contributed by atoms with Crippen molar-refractivity contribution in [2.75, 3.05) is 25.1 Å². The minimum absolute atomic E-state index is 0.882. The molecule has 2 aromatic rings. The van der Waals surface area contributed by atoms with Gasteiger partial charge in [0.25, 0.3) is 0 Å².